The van der Waals surface area contributed by atoms with Gasteiger partial charge < -0.3 is 15.0 Å². The molecule has 154 valence electrons. The van der Waals surface area contributed by atoms with E-state index in [0.29, 0.717) is 23.6 Å². The molecule has 0 radical (unpaired) electrons. The van der Waals surface area contributed by atoms with Crippen LogP contribution in [0.3, 0.4) is 0 Å². The summed E-state index contributed by atoms with van der Waals surface area (Å²) in [5, 5.41) is 9.43. The van der Waals surface area contributed by atoms with Crippen molar-refractivity contribution in [3.63, 3.8) is 0 Å². The topological polar surface area (TPSA) is 101 Å². The average Bonchev–Trinajstić information content (AvgIpc) is 3.38. The normalized spacial score (nSPS) is 21.6. The van der Waals surface area contributed by atoms with Crippen molar-refractivity contribution in [1.82, 2.24) is 25.2 Å². The van der Waals surface area contributed by atoms with Crippen molar-refractivity contribution in [2.45, 2.75) is 18.4 Å². The molecule has 1 aromatic carbocycles. The Bertz CT molecular complexity index is 1120. The molecule has 2 fully saturated rings. The molecular formula is C20H19FN6O3. The number of imide groups is 1. The van der Waals surface area contributed by atoms with E-state index < -0.39 is 11.9 Å². The summed E-state index contributed by atoms with van der Waals surface area (Å²) in [6.45, 7) is 1.55. The number of amides is 3. The molecule has 10 heteroatoms. The van der Waals surface area contributed by atoms with Gasteiger partial charge in [0.05, 0.1) is 23.8 Å². The second-order valence-corrected chi connectivity index (χ2v) is 7.33. The van der Waals surface area contributed by atoms with E-state index in [2.05, 4.69) is 25.6 Å². The smallest absolute Gasteiger partial charge is 0.321 e. The molecule has 2 aliphatic heterocycles. The average molecular weight is 410 g/mol. The van der Waals surface area contributed by atoms with Crippen molar-refractivity contribution in [1.29, 1.82) is 0 Å². The number of urea groups is 1. The SMILES string of the molecule is O=C1NCC(c2cc(N3CC[C@@H](Oc4ccc(F)cc4)C3)c3nccn3n2)C(=O)N1. The molecule has 5 rings (SSSR count). The number of hydrogen-bond acceptors (Lipinski definition) is 6. The minimum absolute atomic E-state index is 0.0562. The van der Waals surface area contributed by atoms with Gasteiger partial charge in [0.15, 0.2) is 5.65 Å². The summed E-state index contributed by atoms with van der Waals surface area (Å²) in [7, 11) is 0. The Morgan fingerprint density at radius 2 is 2.03 bits per heavy atom. The fraction of sp³-hybridized carbons (Fsp3) is 0.300. The lowest BCUT2D eigenvalue weighted by molar-refractivity contribution is -0.122. The summed E-state index contributed by atoms with van der Waals surface area (Å²) in [5.74, 6) is -0.638. The quantitative estimate of drug-likeness (QED) is 0.675. The van der Waals surface area contributed by atoms with Crippen molar-refractivity contribution < 1.29 is 18.7 Å². The lowest BCUT2D eigenvalue weighted by Crippen LogP contribution is -2.51. The number of halogens is 1. The van der Waals surface area contributed by atoms with Gasteiger partial charge >= 0.3 is 6.03 Å². The molecule has 2 saturated heterocycles. The van der Waals surface area contributed by atoms with Crippen LogP contribution in [-0.4, -0.2) is 52.3 Å². The standard InChI is InChI=1S/C20H19FN6O3/c21-12-1-3-13(4-2-12)30-14-5-7-26(11-14)17-9-16(25-27-8-6-22-18(17)27)15-10-23-20(29)24-19(15)28/h1-4,6,8-9,14-15H,5,7,10-11H2,(H2,23,24,28,29)/t14-,15?/m1/s1. The Hall–Kier alpha value is -3.69. The molecule has 3 amide bonds. The van der Waals surface area contributed by atoms with E-state index >= 15 is 0 Å². The Morgan fingerprint density at radius 3 is 2.83 bits per heavy atom. The number of carbonyl (C=O) groups is 2. The van der Waals surface area contributed by atoms with Crippen LogP contribution in [0.25, 0.3) is 5.65 Å². The molecule has 0 saturated carbocycles. The zero-order chi connectivity index (χ0) is 20.7. The molecule has 4 heterocycles. The van der Waals surface area contributed by atoms with Crippen LogP contribution in [0.5, 0.6) is 5.75 Å². The molecule has 0 bridgehead atoms. The number of anilines is 1. The highest BCUT2D eigenvalue weighted by Gasteiger charge is 2.32. The molecule has 0 spiro atoms. The number of ether oxygens (including phenoxy) is 1. The van der Waals surface area contributed by atoms with Gasteiger partial charge in [0, 0.05) is 31.9 Å². The number of rotatable bonds is 4. The first-order valence-electron chi connectivity index (χ1n) is 9.67. The highest BCUT2D eigenvalue weighted by Crippen LogP contribution is 2.29. The molecule has 3 aromatic rings. The van der Waals surface area contributed by atoms with Crippen molar-refractivity contribution in [3.8, 4) is 5.75 Å². The maximum atomic E-state index is 13.1. The van der Waals surface area contributed by atoms with E-state index in [1.165, 1.54) is 12.1 Å². The van der Waals surface area contributed by atoms with E-state index in [9.17, 15) is 14.0 Å². The highest BCUT2D eigenvalue weighted by molar-refractivity contribution is 6.00. The summed E-state index contributed by atoms with van der Waals surface area (Å²) in [4.78, 5) is 30.2. The van der Waals surface area contributed by atoms with Gasteiger partial charge in [-0.05, 0) is 30.3 Å². The van der Waals surface area contributed by atoms with Crippen LogP contribution in [0.1, 0.15) is 18.0 Å². The Balaban J connectivity index is 1.40. The molecule has 0 aliphatic carbocycles. The van der Waals surface area contributed by atoms with Gasteiger partial charge in [0.1, 0.15) is 17.7 Å². The van der Waals surface area contributed by atoms with E-state index in [4.69, 9.17) is 4.74 Å². The third kappa shape index (κ3) is 3.40. The van der Waals surface area contributed by atoms with Crippen LogP contribution in [-0.2, 0) is 4.79 Å². The van der Waals surface area contributed by atoms with E-state index in [-0.39, 0.29) is 24.4 Å². The van der Waals surface area contributed by atoms with Crippen LogP contribution in [0.4, 0.5) is 14.9 Å². The Kier molecular flexibility index (Phi) is 4.46. The van der Waals surface area contributed by atoms with Crippen molar-refractivity contribution in [3.05, 3.63) is 54.2 Å². The molecule has 1 unspecified atom stereocenters. The van der Waals surface area contributed by atoms with Crippen LogP contribution in [0.2, 0.25) is 0 Å². The maximum Gasteiger partial charge on any atom is 0.321 e. The minimum Gasteiger partial charge on any atom is -0.489 e. The lowest BCUT2D eigenvalue weighted by atomic mass is 10.0. The first kappa shape index (κ1) is 18.3. The zero-order valence-corrected chi connectivity index (χ0v) is 15.9. The van der Waals surface area contributed by atoms with E-state index in [1.807, 2.05) is 6.07 Å². The Labute approximate surface area is 170 Å². The van der Waals surface area contributed by atoms with E-state index in [0.717, 1.165) is 18.7 Å². The van der Waals surface area contributed by atoms with Gasteiger partial charge in [-0.1, -0.05) is 0 Å². The second kappa shape index (κ2) is 7.29. The van der Waals surface area contributed by atoms with Crippen molar-refractivity contribution in [2.75, 3.05) is 24.5 Å². The number of carbonyl (C=O) groups excluding carboxylic acids is 2. The van der Waals surface area contributed by atoms with Crippen LogP contribution < -0.4 is 20.3 Å². The third-order valence-electron chi connectivity index (χ3n) is 5.34. The second-order valence-electron chi connectivity index (χ2n) is 7.33. The van der Waals surface area contributed by atoms with Gasteiger partial charge in [-0.25, -0.2) is 18.7 Å². The zero-order valence-electron chi connectivity index (χ0n) is 15.9. The predicted molar refractivity (Wildman–Crippen MR) is 105 cm³/mol. The van der Waals surface area contributed by atoms with Crippen LogP contribution >= 0.6 is 0 Å². The van der Waals surface area contributed by atoms with Crippen LogP contribution in [0, 0.1) is 5.82 Å². The minimum atomic E-state index is -0.581. The molecule has 2 aliphatic rings. The number of fused-ring (bicyclic) bond motifs is 1. The molecule has 9 nitrogen and oxygen atoms in total. The highest BCUT2D eigenvalue weighted by atomic mass is 19.1. The number of hydrogen-bond donors (Lipinski definition) is 2. The number of benzene rings is 1. The molecule has 2 atom stereocenters. The summed E-state index contributed by atoms with van der Waals surface area (Å²) >= 11 is 0. The first-order valence-corrected chi connectivity index (χ1v) is 9.67. The fourth-order valence-corrected chi connectivity index (χ4v) is 3.84. The number of nitrogens with one attached hydrogen (secondary N) is 2. The third-order valence-corrected chi connectivity index (χ3v) is 5.34. The fourth-order valence-electron chi connectivity index (χ4n) is 3.84. The summed E-state index contributed by atoms with van der Waals surface area (Å²) in [6.07, 6.45) is 4.12. The molecule has 2 aromatic heterocycles. The summed E-state index contributed by atoms with van der Waals surface area (Å²) < 4.78 is 20.7. The maximum absolute atomic E-state index is 13.1. The molecular weight excluding hydrogens is 391 g/mol. The summed E-state index contributed by atoms with van der Waals surface area (Å²) in [5.41, 5.74) is 2.08. The molecule has 2 N–H and O–H groups in total. The number of nitrogens with zero attached hydrogens (tertiary/aromatic N) is 4. The van der Waals surface area contributed by atoms with Gasteiger partial charge in [0.25, 0.3) is 0 Å². The molecule has 30 heavy (non-hydrogen) atoms. The summed E-state index contributed by atoms with van der Waals surface area (Å²) in [6, 6.07) is 7.33. The van der Waals surface area contributed by atoms with Crippen LogP contribution in [0.15, 0.2) is 42.7 Å². The number of aromatic nitrogens is 3. The monoisotopic (exact) mass is 410 g/mol. The van der Waals surface area contributed by atoms with Gasteiger partial charge in [-0.2, -0.15) is 5.10 Å². The lowest BCUT2D eigenvalue weighted by Gasteiger charge is -2.24. The van der Waals surface area contributed by atoms with Gasteiger partial charge in [-0.3, -0.25) is 10.1 Å². The predicted octanol–water partition coefficient (Wildman–Crippen LogP) is 1.45. The largest absolute Gasteiger partial charge is 0.489 e. The van der Waals surface area contributed by atoms with Crippen molar-refractivity contribution >= 4 is 23.3 Å². The van der Waals surface area contributed by atoms with Gasteiger partial charge in [0.2, 0.25) is 5.91 Å². The first-order chi connectivity index (χ1) is 14.6. The number of imidazole rings is 1. The van der Waals surface area contributed by atoms with Gasteiger partial charge in [-0.15, -0.1) is 0 Å². The van der Waals surface area contributed by atoms with E-state index in [1.54, 1.807) is 29.0 Å². The Morgan fingerprint density at radius 1 is 1.20 bits per heavy atom. The van der Waals surface area contributed by atoms with Crippen molar-refractivity contribution in [2.24, 2.45) is 0 Å².